The average molecular weight is 360 g/mol. The van der Waals surface area contributed by atoms with E-state index in [-0.39, 0.29) is 43.0 Å². The van der Waals surface area contributed by atoms with Gasteiger partial charge in [0, 0.05) is 38.5 Å². The largest absolute Gasteiger partial charge is 0.352 e. The summed E-state index contributed by atoms with van der Waals surface area (Å²) in [4.78, 5) is 25.3. The minimum absolute atomic E-state index is 0.112. The fourth-order valence-electron chi connectivity index (χ4n) is 2.50. The highest BCUT2D eigenvalue weighted by atomic mass is 19.1. The van der Waals surface area contributed by atoms with Gasteiger partial charge in [0.05, 0.1) is 0 Å². The summed E-state index contributed by atoms with van der Waals surface area (Å²) in [6, 6.07) is 12.4. The molecule has 0 aliphatic rings. The Balaban J connectivity index is 1.78. The minimum atomic E-state index is -0.363. The van der Waals surface area contributed by atoms with Gasteiger partial charge in [0.1, 0.15) is 11.6 Å². The number of hydrogen-bond donors (Lipinski definition) is 1. The number of halogens is 2. The monoisotopic (exact) mass is 360 g/mol. The summed E-state index contributed by atoms with van der Waals surface area (Å²) in [5.41, 5.74) is 1.34. The molecule has 26 heavy (non-hydrogen) atoms. The number of rotatable bonds is 8. The van der Waals surface area contributed by atoms with Crippen LogP contribution < -0.4 is 5.32 Å². The maximum atomic E-state index is 13.5. The van der Waals surface area contributed by atoms with Crippen molar-refractivity contribution < 1.29 is 18.4 Å². The van der Waals surface area contributed by atoms with Crippen LogP contribution in [-0.2, 0) is 22.6 Å². The molecule has 0 bridgehead atoms. The molecule has 0 aromatic heterocycles. The standard InChI is InChI=1S/C20H22F2N2O2/c1-15(25)24(12-10-16-6-8-18(21)9-7-16)13-11-20(26)23-14-17-4-2-3-5-19(17)22/h2-9H,10-14H2,1H3,(H,23,26). The number of carbonyl (C=O) groups is 2. The molecule has 0 saturated carbocycles. The van der Waals surface area contributed by atoms with Gasteiger partial charge in [-0.1, -0.05) is 30.3 Å². The number of nitrogens with zero attached hydrogens (tertiary/aromatic N) is 1. The maximum Gasteiger partial charge on any atom is 0.222 e. The first-order valence-corrected chi connectivity index (χ1v) is 8.46. The van der Waals surface area contributed by atoms with E-state index in [1.807, 2.05) is 0 Å². The fourth-order valence-corrected chi connectivity index (χ4v) is 2.50. The van der Waals surface area contributed by atoms with Crippen LogP contribution >= 0.6 is 0 Å². The van der Waals surface area contributed by atoms with E-state index in [0.717, 1.165) is 5.56 Å². The van der Waals surface area contributed by atoms with E-state index >= 15 is 0 Å². The topological polar surface area (TPSA) is 49.4 Å². The third-order valence-corrected chi connectivity index (χ3v) is 4.07. The van der Waals surface area contributed by atoms with E-state index in [4.69, 9.17) is 0 Å². The van der Waals surface area contributed by atoms with E-state index in [9.17, 15) is 18.4 Å². The molecule has 0 heterocycles. The third-order valence-electron chi connectivity index (χ3n) is 4.07. The molecule has 0 radical (unpaired) electrons. The molecule has 0 spiro atoms. The molecule has 0 aliphatic carbocycles. The zero-order valence-corrected chi connectivity index (χ0v) is 14.7. The Kier molecular flexibility index (Phi) is 7.26. The summed E-state index contributed by atoms with van der Waals surface area (Å²) >= 11 is 0. The highest BCUT2D eigenvalue weighted by Crippen LogP contribution is 2.07. The number of amides is 2. The van der Waals surface area contributed by atoms with Crippen LogP contribution in [0, 0.1) is 11.6 Å². The second-order valence-electron chi connectivity index (χ2n) is 6.00. The number of carbonyl (C=O) groups excluding carboxylic acids is 2. The second kappa shape index (κ2) is 9.65. The summed E-state index contributed by atoms with van der Waals surface area (Å²) in [5, 5.41) is 2.66. The number of benzene rings is 2. The Morgan fingerprint density at radius 1 is 1.00 bits per heavy atom. The lowest BCUT2D eigenvalue weighted by Crippen LogP contribution is -2.35. The Bertz CT molecular complexity index is 748. The van der Waals surface area contributed by atoms with Crippen molar-refractivity contribution in [1.29, 1.82) is 0 Å². The van der Waals surface area contributed by atoms with Crippen LogP contribution in [0.25, 0.3) is 0 Å². The Labute approximate surface area is 151 Å². The van der Waals surface area contributed by atoms with Gasteiger partial charge in [-0.2, -0.15) is 0 Å². The molecule has 1 N–H and O–H groups in total. The van der Waals surface area contributed by atoms with Crippen molar-refractivity contribution >= 4 is 11.8 Å². The highest BCUT2D eigenvalue weighted by Gasteiger charge is 2.12. The lowest BCUT2D eigenvalue weighted by Gasteiger charge is -2.21. The Morgan fingerprint density at radius 3 is 2.35 bits per heavy atom. The van der Waals surface area contributed by atoms with Gasteiger partial charge in [-0.05, 0) is 30.2 Å². The van der Waals surface area contributed by atoms with E-state index in [1.165, 1.54) is 25.1 Å². The van der Waals surface area contributed by atoms with Crippen LogP contribution in [0.2, 0.25) is 0 Å². The molecule has 0 unspecified atom stereocenters. The predicted molar refractivity (Wildman–Crippen MR) is 95.2 cm³/mol. The summed E-state index contributed by atoms with van der Waals surface area (Å²) in [7, 11) is 0. The van der Waals surface area contributed by atoms with Gasteiger partial charge in [0.25, 0.3) is 0 Å². The molecule has 0 saturated heterocycles. The summed E-state index contributed by atoms with van der Waals surface area (Å²) in [6.45, 7) is 2.28. The normalized spacial score (nSPS) is 10.4. The Morgan fingerprint density at radius 2 is 1.69 bits per heavy atom. The van der Waals surface area contributed by atoms with Crippen molar-refractivity contribution in [3.8, 4) is 0 Å². The number of hydrogen-bond acceptors (Lipinski definition) is 2. The molecule has 2 aromatic carbocycles. The van der Waals surface area contributed by atoms with Crippen molar-refractivity contribution in [1.82, 2.24) is 10.2 Å². The van der Waals surface area contributed by atoms with Gasteiger partial charge in [-0.15, -0.1) is 0 Å². The first kappa shape index (κ1) is 19.6. The summed E-state index contributed by atoms with van der Waals surface area (Å²) in [5.74, 6) is -1.04. The first-order valence-electron chi connectivity index (χ1n) is 8.46. The van der Waals surface area contributed by atoms with E-state index in [1.54, 1.807) is 35.2 Å². The zero-order valence-electron chi connectivity index (χ0n) is 14.7. The molecule has 2 aromatic rings. The molecule has 0 fully saturated rings. The lowest BCUT2D eigenvalue weighted by atomic mass is 10.1. The second-order valence-corrected chi connectivity index (χ2v) is 6.00. The van der Waals surface area contributed by atoms with Crippen LogP contribution in [0.15, 0.2) is 48.5 Å². The zero-order chi connectivity index (χ0) is 18.9. The van der Waals surface area contributed by atoms with E-state index in [2.05, 4.69) is 5.32 Å². The van der Waals surface area contributed by atoms with E-state index in [0.29, 0.717) is 18.5 Å². The SMILES string of the molecule is CC(=O)N(CCC(=O)NCc1ccccc1F)CCc1ccc(F)cc1. The molecule has 138 valence electrons. The molecule has 6 heteroatoms. The van der Waals surface area contributed by atoms with Gasteiger partial charge in [-0.3, -0.25) is 9.59 Å². The Hall–Kier alpha value is -2.76. The quantitative estimate of drug-likeness (QED) is 0.787. The first-order chi connectivity index (χ1) is 12.5. The van der Waals surface area contributed by atoms with Gasteiger partial charge in [0.15, 0.2) is 0 Å². The molecular formula is C20H22F2N2O2. The molecule has 0 aliphatic heterocycles. The van der Waals surface area contributed by atoms with Crippen LogP contribution in [0.5, 0.6) is 0 Å². The van der Waals surface area contributed by atoms with Crippen LogP contribution in [0.4, 0.5) is 8.78 Å². The lowest BCUT2D eigenvalue weighted by molar-refractivity contribution is -0.129. The molecular weight excluding hydrogens is 338 g/mol. The molecule has 0 atom stereocenters. The fraction of sp³-hybridized carbons (Fsp3) is 0.300. The average Bonchev–Trinajstić information content (AvgIpc) is 2.62. The van der Waals surface area contributed by atoms with Crippen molar-refractivity contribution in [2.45, 2.75) is 26.3 Å². The molecule has 2 rings (SSSR count). The summed E-state index contributed by atoms with van der Waals surface area (Å²) in [6.07, 6.45) is 0.716. The van der Waals surface area contributed by atoms with Crippen molar-refractivity contribution in [2.75, 3.05) is 13.1 Å². The van der Waals surface area contributed by atoms with Crippen LogP contribution in [0.1, 0.15) is 24.5 Å². The van der Waals surface area contributed by atoms with Gasteiger partial charge >= 0.3 is 0 Å². The van der Waals surface area contributed by atoms with Crippen molar-refractivity contribution in [3.05, 3.63) is 71.3 Å². The minimum Gasteiger partial charge on any atom is -0.352 e. The van der Waals surface area contributed by atoms with Gasteiger partial charge in [-0.25, -0.2) is 8.78 Å². The third kappa shape index (κ3) is 6.27. The van der Waals surface area contributed by atoms with Gasteiger partial charge < -0.3 is 10.2 Å². The predicted octanol–water partition coefficient (Wildman–Crippen LogP) is 3.06. The van der Waals surface area contributed by atoms with Crippen LogP contribution in [0.3, 0.4) is 0 Å². The summed E-state index contributed by atoms with van der Waals surface area (Å²) < 4.78 is 26.4. The van der Waals surface area contributed by atoms with Gasteiger partial charge in [0.2, 0.25) is 11.8 Å². The van der Waals surface area contributed by atoms with E-state index < -0.39 is 0 Å². The smallest absolute Gasteiger partial charge is 0.222 e. The maximum absolute atomic E-state index is 13.5. The molecule has 2 amide bonds. The van der Waals surface area contributed by atoms with Crippen molar-refractivity contribution in [3.63, 3.8) is 0 Å². The highest BCUT2D eigenvalue weighted by molar-refractivity contribution is 5.78. The number of nitrogens with one attached hydrogen (secondary N) is 1. The van der Waals surface area contributed by atoms with Crippen LogP contribution in [-0.4, -0.2) is 29.8 Å². The van der Waals surface area contributed by atoms with Crippen molar-refractivity contribution in [2.24, 2.45) is 0 Å². The molecule has 4 nitrogen and oxygen atoms in total.